The third-order valence-electron chi connectivity index (χ3n) is 5.83. The summed E-state index contributed by atoms with van der Waals surface area (Å²) in [6, 6.07) is 42.6. The molecule has 31 heavy (non-hydrogen) atoms. The van der Waals surface area contributed by atoms with Crippen molar-refractivity contribution in [2.75, 3.05) is 0 Å². The van der Waals surface area contributed by atoms with Crippen LogP contribution in [-0.2, 0) is 11.6 Å². The molecule has 4 aromatic carbocycles. The van der Waals surface area contributed by atoms with Crippen LogP contribution in [0.3, 0.4) is 0 Å². The average Bonchev–Trinajstić information content (AvgIpc) is 2.79. The number of hydrogen-bond acceptors (Lipinski definition) is 0. The molecule has 4 rings (SSSR count). The Kier molecular flexibility index (Phi) is 7.52. The standard InChI is InChI=1S/C29H30P.BrH/c1-29(2,3)25-21-19-24(20-22-25)23-30(26-13-7-4-8-14-26,27-15-9-5-10-16-27)28-17-11-6-12-18-28;/h4-22H,23H2,1-3H3;1H/q+1;/p-1. The Morgan fingerprint density at radius 1 is 0.516 bits per heavy atom. The molecule has 0 aliphatic heterocycles. The molecule has 158 valence electrons. The van der Waals surface area contributed by atoms with E-state index in [1.807, 2.05) is 0 Å². The molecule has 0 nitrogen and oxygen atoms in total. The first kappa shape index (κ1) is 23.5. The third kappa shape index (κ3) is 5.00. The summed E-state index contributed by atoms with van der Waals surface area (Å²) in [7, 11) is -1.83. The highest BCUT2D eigenvalue weighted by atomic mass is 79.9. The fraction of sp³-hybridized carbons (Fsp3) is 0.172. The van der Waals surface area contributed by atoms with Gasteiger partial charge in [0.05, 0.1) is 6.16 Å². The van der Waals surface area contributed by atoms with Crippen LogP contribution in [0.15, 0.2) is 115 Å². The van der Waals surface area contributed by atoms with Gasteiger partial charge in [-0.1, -0.05) is 99.6 Å². The highest BCUT2D eigenvalue weighted by Gasteiger charge is 2.45. The predicted molar refractivity (Wildman–Crippen MR) is 134 cm³/mol. The molecule has 0 amide bonds. The minimum atomic E-state index is -1.83. The molecular weight excluding hydrogens is 459 g/mol. The monoisotopic (exact) mass is 488 g/mol. The Bertz CT molecular complexity index is 970. The molecule has 0 heterocycles. The van der Waals surface area contributed by atoms with E-state index in [2.05, 4.69) is 136 Å². The van der Waals surface area contributed by atoms with Crippen LogP contribution in [0.1, 0.15) is 31.9 Å². The minimum Gasteiger partial charge on any atom is -1.00 e. The molecule has 2 heteroatoms. The van der Waals surface area contributed by atoms with E-state index < -0.39 is 7.26 Å². The SMILES string of the molecule is CC(C)(C)c1ccc(C[P+](c2ccccc2)(c2ccccc2)c2ccccc2)cc1.[Br-]. The predicted octanol–water partition coefficient (Wildman–Crippen LogP) is 3.48. The molecular formula is C29H30BrP. The van der Waals surface area contributed by atoms with Crippen LogP contribution < -0.4 is 32.9 Å². The molecule has 0 aromatic heterocycles. The van der Waals surface area contributed by atoms with Gasteiger partial charge in [0, 0.05) is 0 Å². The largest absolute Gasteiger partial charge is 1.00 e. The van der Waals surface area contributed by atoms with Crippen LogP contribution in [0.4, 0.5) is 0 Å². The molecule has 0 bridgehead atoms. The van der Waals surface area contributed by atoms with Crippen LogP contribution in [0.2, 0.25) is 0 Å². The first-order chi connectivity index (χ1) is 14.5. The zero-order valence-electron chi connectivity index (χ0n) is 18.5. The van der Waals surface area contributed by atoms with E-state index in [0.29, 0.717) is 0 Å². The van der Waals surface area contributed by atoms with Crippen molar-refractivity contribution < 1.29 is 17.0 Å². The smallest absolute Gasteiger partial charge is 0.116 e. The summed E-state index contributed by atoms with van der Waals surface area (Å²) >= 11 is 0. The highest BCUT2D eigenvalue weighted by molar-refractivity contribution is 7.95. The molecule has 0 fully saturated rings. The van der Waals surface area contributed by atoms with Crippen LogP contribution in [0.25, 0.3) is 0 Å². The van der Waals surface area contributed by atoms with E-state index in [9.17, 15) is 0 Å². The lowest BCUT2D eigenvalue weighted by atomic mass is 9.87. The fourth-order valence-electron chi connectivity index (χ4n) is 4.15. The maximum atomic E-state index is 2.34. The summed E-state index contributed by atoms with van der Waals surface area (Å²) in [5.41, 5.74) is 2.95. The van der Waals surface area contributed by atoms with Crippen molar-refractivity contribution in [3.8, 4) is 0 Å². The second-order valence-electron chi connectivity index (χ2n) is 8.92. The molecule has 0 atom stereocenters. The van der Waals surface area contributed by atoms with E-state index in [1.54, 1.807) is 0 Å². The Morgan fingerprint density at radius 2 is 0.871 bits per heavy atom. The summed E-state index contributed by atoms with van der Waals surface area (Å²) in [4.78, 5) is 0. The lowest BCUT2D eigenvalue weighted by molar-refractivity contribution is -0.00000635. The Morgan fingerprint density at radius 3 is 1.19 bits per heavy atom. The number of rotatable bonds is 5. The van der Waals surface area contributed by atoms with Crippen molar-refractivity contribution in [1.82, 2.24) is 0 Å². The quantitative estimate of drug-likeness (QED) is 0.377. The summed E-state index contributed by atoms with van der Waals surface area (Å²) in [5, 5.41) is 4.30. The minimum absolute atomic E-state index is 0. The van der Waals surface area contributed by atoms with Gasteiger partial charge in [-0.2, -0.15) is 0 Å². The molecule has 0 aliphatic rings. The van der Waals surface area contributed by atoms with Crippen LogP contribution >= 0.6 is 7.26 Å². The van der Waals surface area contributed by atoms with Gasteiger partial charge in [0.25, 0.3) is 0 Å². The zero-order valence-corrected chi connectivity index (χ0v) is 21.0. The molecule has 0 spiro atoms. The molecule has 0 N–H and O–H groups in total. The van der Waals surface area contributed by atoms with Gasteiger partial charge in [-0.05, 0) is 52.9 Å². The molecule has 0 radical (unpaired) electrons. The Hall–Kier alpha value is -2.21. The van der Waals surface area contributed by atoms with Crippen molar-refractivity contribution in [1.29, 1.82) is 0 Å². The van der Waals surface area contributed by atoms with Crippen molar-refractivity contribution in [3.63, 3.8) is 0 Å². The molecule has 0 unspecified atom stereocenters. The van der Waals surface area contributed by atoms with Gasteiger partial charge in [0.15, 0.2) is 0 Å². The van der Waals surface area contributed by atoms with Crippen molar-refractivity contribution in [2.24, 2.45) is 0 Å². The zero-order chi connectivity index (χ0) is 21.0. The Balaban J connectivity index is 0.00000272. The summed E-state index contributed by atoms with van der Waals surface area (Å²) in [6.45, 7) is 6.83. The number of halogens is 1. The average molecular weight is 489 g/mol. The van der Waals surface area contributed by atoms with E-state index in [0.717, 1.165) is 6.16 Å². The fourth-order valence-corrected chi connectivity index (χ4v) is 8.40. The second-order valence-corrected chi connectivity index (χ2v) is 12.4. The third-order valence-corrected chi connectivity index (χ3v) is 10.2. The van der Waals surface area contributed by atoms with Gasteiger partial charge in [-0.3, -0.25) is 0 Å². The summed E-state index contributed by atoms with van der Waals surface area (Å²) < 4.78 is 0. The molecule has 0 saturated heterocycles. The normalized spacial score (nSPS) is 11.6. The van der Waals surface area contributed by atoms with Crippen molar-refractivity contribution >= 4 is 23.2 Å². The van der Waals surface area contributed by atoms with Gasteiger partial charge in [0.2, 0.25) is 0 Å². The van der Waals surface area contributed by atoms with Crippen LogP contribution in [-0.4, -0.2) is 0 Å². The number of benzene rings is 4. The van der Waals surface area contributed by atoms with Gasteiger partial charge in [-0.25, -0.2) is 0 Å². The first-order valence-corrected chi connectivity index (χ1v) is 12.6. The van der Waals surface area contributed by atoms with E-state index in [1.165, 1.54) is 27.0 Å². The van der Waals surface area contributed by atoms with Gasteiger partial charge in [0.1, 0.15) is 23.2 Å². The van der Waals surface area contributed by atoms with E-state index >= 15 is 0 Å². The molecule has 0 aliphatic carbocycles. The molecule has 0 saturated carbocycles. The van der Waals surface area contributed by atoms with E-state index in [-0.39, 0.29) is 22.4 Å². The second kappa shape index (κ2) is 9.94. The van der Waals surface area contributed by atoms with Crippen LogP contribution in [0.5, 0.6) is 0 Å². The van der Waals surface area contributed by atoms with Crippen molar-refractivity contribution in [3.05, 3.63) is 126 Å². The maximum absolute atomic E-state index is 2.34. The lowest BCUT2D eigenvalue weighted by Crippen LogP contribution is -3.00. The summed E-state index contributed by atoms with van der Waals surface area (Å²) in [6.07, 6.45) is 1.02. The van der Waals surface area contributed by atoms with Gasteiger partial charge >= 0.3 is 0 Å². The Labute approximate surface area is 198 Å². The van der Waals surface area contributed by atoms with Crippen LogP contribution in [0, 0.1) is 0 Å². The van der Waals surface area contributed by atoms with Gasteiger partial charge < -0.3 is 17.0 Å². The van der Waals surface area contributed by atoms with Crippen molar-refractivity contribution in [2.45, 2.75) is 32.3 Å². The highest BCUT2D eigenvalue weighted by Crippen LogP contribution is 2.58. The maximum Gasteiger partial charge on any atom is 0.116 e. The number of hydrogen-bond donors (Lipinski definition) is 0. The van der Waals surface area contributed by atoms with E-state index in [4.69, 9.17) is 0 Å². The first-order valence-electron chi connectivity index (χ1n) is 10.6. The lowest BCUT2D eigenvalue weighted by Gasteiger charge is -2.28. The van der Waals surface area contributed by atoms with Gasteiger partial charge in [-0.15, -0.1) is 0 Å². The topological polar surface area (TPSA) is 0 Å². The summed E-state index contributed by atoms with van der Waals surface area (Å²) in [5.74, 6) is 0. The molecule has 4 aromatic rings.